The summed E-state index contributed by atoms with van der Waals surface area (Å²) < 4.78 is 39.2. The molecule has 156 valence electrons. The van der Waals surface area contributed by atoms with E-state index in [-0.39, 0.29) is 30.3 Å². The van der Waals surface area contributed by atoms with Gasteiger partial charge < -0.3 is 14.8 Å². The van der Waals surface area contributed by atoms with Gasteiger partial charge >= 0.3 is 6.09 Å². The van der Waals surface area contributed by atoms with Crippen LogP contribution in [-0.4, -0.2) is 54.0 Å². The topological polar surface area (TPSA) is 67.9 Å². The van der Waals surface area contributed by atoms with E-state index >= 15 is 0 Å². The Morgan fingerprint density at radius 2 is 2.04 bits per heavy atom. The molecule has 0 spiro atoms. The zero-order valence-corrected chi connectivity index (χ0v) is 17.1. The number of halogens is 3. The molecule has 0 aliphatic carbocycles. The van der Waals surface area contributed by atoms with Crippen LogP contribution in [0.15, 0.2) is 18.2 Å². The number of likely N-dealkylation sites (tertiary alicyclic amines) is 1. The SMILES string of the molecule is CCO[C@H]1[C@@H](C(=O)NCc2cccc(Cl)c2F)N(C(=O)OC(C)(C)C)C[C@@H]1F. The quantitative estimate of drug-likeness (QED) is 0.795. The Morgan fingerprint density at radius 3 is 2.64 bits per heavy atom. The monoisotopic (exact) mass is 418 g/mol. The number of carbonyl (C=O) groups excluding carboxylic acids is 2. The van der Waals surface area contributed by atoms with Gasteiger partial charge in [-0.2, -0.15) is 0 Å². The number of carbonyl (C=O) groups is 2. The average Bonchev–Trinajstić information content (AvgIpc) is 2.92. The zero-order chi connectivity index (χ0) is 21.1. The summed E-state index contributed by atoms with van der Waals surface area (Å²) in [5, 5.41) is 2.46. The second-order valence-electron chi connectivity index (χ2n) is 7.44. The van der Waals surface area contributed by atoms with E-state index in [1.165, 1.54) is 12.1 Å². The van der Waals surface area contributed by atoms with Crippen molar-refractivity contribution in [2.75, 3.05) is 13.2 Å². The van der Waals surface area contributed by atoms with E-state index in [1.807, 2.05) is 0 Å². The van der Waals surface area contributed by atoms with Crippen LogP contribution in [0.2, 0.25) is 5.02 Å². The molecule has 0 radical (unpaired) electrons. The summed E-state index contributed by atoms with van der Waals surface area (Å²) in [7, 11) is 0. The number of ether oxygens (including phenoxy) is 2. The number of hydrogen-bond donors (Lipinski definition) is 1. The molecule has 1 aliphatic rings. The van der Waals surface area contributed by atoms with E-state index in [1.54, 1.807) is 33.8 Å². The standard InChI is InChI=1S/C19H25ClF2N2O4/c1-5-27-16-13(21)10-24(18(26)28-19(2,3)4)15(16)17(25)23-9-11-7-6-8-12(20)14(11)22/h6-8,13,15-16H,5,9-10H2,1-4H3,(H,23,25)/t13-,15-,16+/m0/s1. The molecule has 9 heteroatoms. The molecule has 2 rings (SSSR count). The van der Waals surface area contributed by atoms with Gasteiger partial charge in [-0.3, -0.25) is 9.69 Å². The highest BCUT2D eigenvalue weighted by Crippen LogP contribution is 2.27. The Hall–Kier alpha value is -1.93. The summed E-state index contributed by atoms with van der Waals surface area (Å²) in [4.78, 5) is 26.2. The second-order valence-corrected chi connectivity index (χ2v) is 7.85. The second kappa shape index (κ2) is 9.05. The van der Waals surface area contributed by atoms with Crippen LogP contribution in [0.3, 0.4) is 0 Å². The normalized spacial score (nSPS) is 22.2. The highest BCUT2D eigenvalue weighted by molar-refractivity contribution is 6.30. The van der Waals surface area contributed by atoms with Crippen molar-refractivity contribution < 1.29 is 27.8 Å². The first-order valence-electron chi connectivity index (χ1n) is 9.01. The maximum Gasteiger partial charge on any atom is 0.411 e. The van der Waals surface area contributed by atoms with Crippen molar-refractivity contribution in [1.82, 2.24) is 10.2 Å². The summed E-state index contributed by atoms with van der Waals surface area (Å²) in [6.07, 6.45) is -3.50. The summed E-state index contributed by atoms with van der Waals surface area (Å²) in [5.41, 5.74) is -0.634. The molecule has 1 aromatic carbocycles. The molecule has 1 heterocycles. The fourth-order valence-electron chi connectivity index (χ4n) is 2.94. The summed E-state index contributed by atoms with van der Waals surface area (Å²) in [6, 6.07) is 3.19. The molecule has 28 heavy (non-hydrogen) atoms. The molecule has 0 saturated carbocycles. The summed E-state index contributed by atoms with van der Waals surface area (Å²) in [6.45, 7) is 6.35. The third-order valence-corrected chi connectivity index (χ3v) is 4.41. The minimum absolute atomic E-state index is 0.0704. The van der Waals surface area contributed by atoms with Crippen LogP contribution in [0.25, 0.3) is 0 Å². The predicted octanol–water partition coefficient (Wildman–Crippen LogP) is 3.46. The molecule has 1 saturated heterocycles. The van der Waals surface area contributed by atoms with Gasteiger partial charge in [0, 0.05) is 18.7 Å². The highest BCUT2D eigenvalue weighted by Gasteiger charge is 2.50. The molecule has 0 aromatic heterocycles. The minimum Gasteiger partial charge on any atom is -0.444 e. The molecule has 1 fully saturated rings. The third-order valence-electron chi connectivity index (χ3n) is 4.11. The van der Waals surface area contributed by atoms with Crippen LogP contribution >= 0.6 is 11.6 Å². The van der Waals surface area contributed by atoms with E-state index in [9.17, 15) is 18.4 Å². The van der Waals surface area contributed by atoms with E-state index in [0.717, 1.165) is 4.90 Å². The van der Waals surface area contributed by atoms with Crippen molar-refractivity contribution in [3.05, 3.63) is 34.6 Å². The maximum absolute atomic E-state index is 14.5. The van der Waals surface area contributed by atoms with Gasteiger partial charge in [0.1, 0.15) is 29.7 Å². The minimum atomic E-state index is -1.55. The predicted molar refractivity (Wildman–Crippen MR) is 100 cm³/mol. The molecule has 0 bridgehead atoms. The average molecular weight is 419 g/mol. The van der Waals surface area contributed by atoms with Gasteiger partial charge in [0.05, 0.1) is 11.6 Å². The lowest BCUT2D eigenvalue weighted by Gasteiger charge is -2.29. The van der Waals surface area contributed by atoms with Crippen molar-refractivity contribution in [2.45, 2.75) is 58.2 Å². The van der Waals surface area contributed by atoms with E-state index in [4.69, 9.17) is 21.1 Å². The number of rotatable bonds is 5. The van der Waals surface area contributed by atoms with Gasteiger partial charge in [-0.15, -0.1) is 0 Å². The highest BCUT2D eigenvalue weighted by atomic mass is 35.5. The number of nitrogens with zero attached hydrogens (tertiary/aromatic N) is 1. The summed E-state index contributed by atoms with van der Waals surface area (Å²) >= 11 is 5.74. The van der Waals surface area contributed by atoms with E-state index < -0.39 is 41.7 Å². The van der Waals surface area contributed by atoms with Crippen molar-refractivity contribution in [2.24, 2.45) is 0 Å². The van der Waals surface area contributed by atoms with Crippen molar-refractivity contribution in [3.8, 4) is 0 Å². The first kappa shape index (κ1) is 22.4. The fourth-order valence-corrected chi connectivity index (χ4v) is 3.13. The number of benzene rings is 1. The molecule has 0 unspecified atom stereocenters. The van der Waals surface area contributed by atoms with Crippen LogP contribution in [0, 0.1) is 5.82 Å². The van der Waals surface area contributed by atoms with Gasteiger partial charge in [0.2, 0.25) is 5.91 Å². The largest absolute Gasteiger partial charge is 0.444 e. The fraction of sp³-hybridized carbons (Fsp3) is 0.579. The maximum atomic E-state index is 14.5. The molecular formula is C19H25ClF2N2O4. The Labute approximate surface area is 168 Å². The van der Waals surface area contributed by atoms with E-state index in [0.29, 0.717) is 0 Å². The van der Waals surface area contributed by atoms with Crippen LogP contribution in [0.5, 0.6) is 0 Å². The number of hydrogen-bond acceptors (Lipinski definition) is 4. The Balaban J connectivity index is 2.18. The number of alkyl halides is 1. The Bertz CT molecular complexity index is 726. The van der Waals surface area contributed by atoms with Gasteiger partial charge in [-0.1, -0.05) is 23.7 Å². The molecular weight excluding hydrogens is 394 g/mol. The van der Waals surface area contributed by atoms with Gasteiger partial charge in [-0.05, 0) is 33.8 Å². The lowest BCUT2D eigenvalue weighted by molar-refractivity contribution is -0.130. The zero-order valence-electron chi connectivity index (χ0n) is 16.3. The molecule has 3 atom stereocenters. The summed E-state index contributed by atoms with van der Waals surface area (Å²) in [5.74, 6) is -1.31. The van der Waals surface area contributed by atoms with Gasteiger partial charge in [0.25, 0.3) is 0 Å². The molecule has 6 nitrogen and oxygen atoms in total. The Morgan fingerprint density at radius 1 is 1.36 bits per heavy atom. The molecule has 2 amide bonds. The number of amides is 2. The molecule has 1 aromatic rings. The van der Waals surface area contributed by atoms with Crippen LogP contribution in [0.1, 0.15) is 33.3 Å². The lowest BCUT2D eigenvalue weighted by Crippen LogP contribution is -2.52. The molecule has 1 aliphatic heterocycles. The molecule has 1 N–H and O–H groups in total. The van der Waals surface area contributed by atoms with Crippen LogP contribution < -0.4 is 5.32 Å². The van der Waals surface area contributed by atoms with Crippen LogP contribution in [0.4, 0.5) is 13.6 Å². The first-order chi connectivity index (χ1) is 13.0. The van der Waals surface area contributed by atoms with E-state index in [2.05, 4.69) is 5.32 Å². The smallest absolute Gasteiger partial charge is 0.411 e. The lowest BCUT2D eigenvalue weighted by atomic mass is 10.1. The van der Waals surface area contributed by atoms with Gasteiger partial charge in [-0.25, -0.2) is 13.6 Å². The van der Waals surface area contributed by atoms with Crippen LogP contribution in [-0.2, 0) is 20.8 Å². The number of nitrogens with one attached hydrogen (secondary N) is 1. The first-order valence-corrected chi connectivity index (χ1v) is 9.38. The third kappa shape index (κ3) is 5.32. The van der Waals surface area contributed by atoms with Crippen molar-refractivity contribution >= 4 is 23.6 Å². The van der Waals surface area contributed by atoms with Gasteiger partial charge in [0.15, 0.2) is 0 Å². The Kier molecular flexibility index (Phi) is 7.22. The van der Waals surface area contributed by atoms with Crippen molar-refractivity contribution in [1.29, 1.82) is 0 Å². The van der Waals surface area contributed by atoms with Crippen molar-refractivity contribution in [3.63, 3.8) is 0 Å².